The van der Waals surface area contributed by atoms with E-state index < -0.39 is 0 Å². The maximum Gasteiger partial charge on any atom is 0.245 e. The Morgan fingerprint density at radius 2 is 2.00 bits per heavy atom. The number of rotatable bonds is 7. The van der Waals surface area contributed by atoms with Crippen molar-refractivity contribution in [3.8, 4) is 0 Å². The van der Waals surface area contributed by atoms with Crippen LogP contribution in [0.5, 0.6) is 0 Å². The van der Waals surface area contributed by atoms with Gasteiger partial charge in [-0.15, -0.1) is 0 Å². The Bertz CT molecular complexity index is 812. The molecule has 0 aliphatic carbocycles. The molecule has 6 nitrogen and oxygen atoms in total. The Morgan fingerprint density at radius 3 is 2.83 bits per heavy atom. The molecule has 1 N–H and O–H groups in total. The van der Waals surface area contributed by atoms with E-state index in [9.17, 15) is 4.79 Å². The van der Waals surface area contributed by atoms with Crippen LogP contribution in [0.1, 0.15) is 38.2 Å². The van der Waals surface area contributed by atoms with Crippen LogP contribution in [0.4, 0.5) is 11.6 Å². The number of anilines is 2. The number of piperidine rings is 1. The third-order valence-corrected chi connectivity index (χ3v) is 5.99. The highest BCUT2D eigenvalue weighted by atomic mass is 16.2. The summed E-state index contributed by atoms with van der Waals surface area (Å²) in [4.78, 5) is 25.9. The van der Waals surface area contributed by atoms with Gasteiger partial charge in [-0.2, -0.15) is 0 Å². The molecule has 29 heavy (non-hydrogen) atoms. The van der Waals surface area contributed by atoms with E-state index in [0.717, 1.165) is 57.1 Å². The van der Waals surface area contributed by atoms with E-state index in [-0.39, 0.29) is 11.9 Å². The normalized spacial score (nSPS) is 22.2. The van der Waals surface area contributed by atoms with Crippen molar-refractivity contribution in [1.82, 2.24) is 14.9 Å². The molecule has 1 aromatic heterocycles. The average molecular weight is 394 g/mol. The molecule has 2 unspecified atom stereocenters. The molecule has 0 spiro atoms. The first kappa shape index (κ1) is 19.7. The largest absolute Gasteiger partial charge is 0.358 e. The van der Waals surface area contributed by atoms with Crippen LogP contribution in [-0.2, 0) is 11.2 Å². The zero-order chi connectivity index (χ0) is 20.1. The van der Waals surface area contributed by atoms with Crippen LogP contribution in [0.25, 0.3) is 0 Å². The van der Waals surface area contributed by atoms with E-state index in [0.29, 0.717) is 5.92 Å². The van der Waals surface area contributed by atoms with E-state index in [4.69, 9.17) is 0 Å². The van der Waals surface area contributed by atoms with Crippen LogP contribution in [0.15, 0.2) is 42.7 Å². The summed E-state index contributed by atoms with van der Waals surface area (Å²) < 4.78 is 0. The molecule has 4 rings (SSSR count). The lowest BCUT2D eigenvalue weighted by atomic mass is 10.0. The lowest BCUT2D eigenvalue weighted by Gasteiger charge is -2.31. The van der Waals surface area contributed by atoms with E-state index in [1.807, 2.05) is 17.0 Å². The summed E-state index contributed by atoms with van der Waals surface area (Å²) in [5.41, 5.74) is 1.33. The maximum absolute atomic E-state index is 12.8. The molecule has 2 fully saturated rings. The lowest BCUT2D eigenvalue weighted by molar-refractivity contribution is -0.128. The first-order valence-electron chi connectivity index (χ1n) is 10.9. The van der Waals surface area contributed by atoms with Gasteiger partial charge in [0, 0.05) is 32.2 Å². The zero-order valence-corrected chi connectivity index (χ0v) is 17.3. The highest BCUT2D eigenvalue weighted by molar-refractivity contribution is 5.86. The molecule has 3 heterocycles. The van der Waals surface area contributed by atoms with Gasteiger partial charge in [-0.1, -0.05) is 37.3 Å². The number of benzene rings is 1. The molecule has 2 aliphatic heterocycles. The Hall–Kier alpha value is -2.63. The number of carbonyl (C=O) groups excluding carboxylic acids is 1. The molecule has 154 valence electrons. The summed E-state index contributed by atoms with van der Waals surface area (Å²) in [6.45, 7) is 5.99. The van der Waals surface area contributed by atoms with Crippen molar-refractivity contribution in [1.29, 1.82) is 0 Å². The Balaban J connectivity index is 1.30. The van der Waals surface area contributed by atoms with Crippen LogP contribution in [0, 0.1) is 5.92 Å². The molecular formula is C23H31N5O. The van der Waals surface area contributed by atoms with Gasteiger partial charge in [-0.3, -0.25) is 4.79 Å². The highest BCUT2D eigenvalue weighted by Gasteiger charge is 2.31. The van der Waals surface area contributed by atoms with Gasteiger partial charge < -0.3 is 15.1 Å². The molecule has 0 saturated carbocycles. The van der Waals surface area contributed by atoms with Crippen LogP contribution in [0.2, 0.25) is 0 Å². The van der Waals surface area contributed by atoms with Crippen molar-refractivity contribution < 1.29 is 4.79 Å². The SMILES string of the molecule is CC1CCCN(c2cc(NC3CCN(CCCc4ccccc4)C3=O)ncn2)C1. The summed E-state index contributed by atoms with van der Waals surface area (Å²) in [5.74, 6) is 2.58. The quantitative estimate of drug-likeness (QED) is 0.782. The molecule has 6 heteroatoms. The fraction of sp³-hybridized carbons (Fsp3) is 0.522. The third kappa shape index (κ3) is 5.05. The van der Waals surface area contributed by atoms with Crippen molar-refractivity contribution in [3.05, 3.63) is 48.3 Å². The second kappa shape index (κ2) is 9.25. The molecule has 2 atom stereocenters. The summed E-state index contributed by atoms with van der Waals surface area (Å²) >= 11 is 0. The monoisotopic (exact) mass is 393 g/mol. The van der Waals surface area contributed by atoms with Gasteiger partial charge in [0.1, 0.15) is 24.0 Å². The molecule has 2 aliphatic rings. The topological polar surface area (TPSA) is 61.4 Å². The van der Waals surface area contributed by atoms with Gasteiger partial charge in [0.25, 0.3) is 0 Å². The van der Waals surface area contributed by atoms with Gasteiger partial charge in [0.05, 0.1) is 0 Å². The average Bonchev–Trinajstić information content (AvgIpc) is 3.08. The number of likely N-dealkylation sites (tertiary alicyclic amines) is 1. The number of hydrogen-bond donors (Lipinski definition) is 1. The second-order valence-electron chi connectivity index (χ2n) is 8.35. The number of amides is 1. The van der Waals surface area contributed by atoms with Crippen LogP contribution in [0.3, 0.4) is 0 Å². The highest BCUT2D eigenvalue weighted by Crippen LogP contribution is 2.23. The Kier molecular flexibility index (Phi) is 6.27. The van der Waals surface area contributed by atoms with Gasteiger partial charge in [-0.25, -0.2) is 9.97 Å². The number of nitrogens with one attached hydrogen (secondary N) is 1. The summed E-state index contributed by atoms with van der Waals surface area (Å²) in [7, 11) is 0. The van der Waals surface area contributed by atoms with Crippen molar-refractivity contribution in [2.75, 3.05) is 36.4 Å². The minimum atomic E-state index is -0.185. The predicted octanol–water partition coefficient (Wildman–Crippen LogP) is 3.36. The minimum Gasteiger partial charge on any atom is -0.358 e. The molecule has 1 aromatic carbocycles. The number of carbonyl (C=O) groups is 1. The van der Waals surface area contributed by atoms with Crippen LogP contribution < -0.4 is 10.2 Å². The van der Waals surface area contributed by atoms with E-state index in [1.54, 1.807) is 6.33 Å². The zero-order valence-electron chi connectivity index (χ0n) is 17.3. The summed E-state index contributed by atoms with van der Waals surface area (Å²) in [6, 6.07) is 12.3. The van der Waals surface area contributed by atoms with Crippen molar-refractivity contribution in [3.63, 3.8) is 0 Å². The maximum atomic E-state index is 12.8. The van der Waals surface area contributed by atoms with Gasteiger partial charge in [0.15, 0.2) is 0 Å². The van der Waals surface area contributed by atoms with Gasteiger partial charge in [0.2, 0.25) is 5.91 Å². The van der Waals surface area contributed by atoms with Gasteiger partial charge >= 0.3 is 0 Å². The minimum absolute atomic E-state index is 0.185. The fourth-order valence-electron chi connectivity index (χ4n) is 4.39. The van der Waals surface area contributed by atoms with Crippen molar-refractivity contribution in [2.45, 2.75) is 45.1 Å². The molecule has 2 aromatic rings. The van der Waals surface area contributed by atoms with E-state index in [1.165, 1.54) is 18.4 Å². The third-order valence-electron chi connectivity index (χ3n) is 5.99. The first-order chi connectivity index (χ1) is 14.2. The van der Waals surface area contributed by atoms with E-state index >= 15 is 0 Å². The summed E-state index contributed by atoms with van der Waals surface area (Å²) in [6.07, 6.45) is 6.91. The smallest absolute Gasteiger partial charge is 0.245 e. The molecule has 0 bridgehead atoms. The molecule has 2 saturated heterocycles. The van der Waals surface area contributed by atoms with Gasteiger partial charge in [-0.05, 0) is 43.6 Å². The number of hydrogen-bond acceptors (Lipinski definition) is 5. The number of nitrogens with zero attached hydrogens (tertiary/aromatic N) is 4. The van der Waals surface area contributed by atoms with Crippen LogP contribution >= 0.6 is 0 Å². The lowest BCUT2D eigenvalue weighted by Crippen LogP contribution is -2.35. The second-order valence-corrected chi connectivity index (χ2v) is 8.35. The van der Waals surface area contributed by atoms with E-state index in [2.05, 4.69) is 51.4 Å². The van der Waals surface area contributed by atoms with Crippen molar-refractivity contribution >= 4 is 17.5 Å². The number of aryl methyl sites for hydroxylation is 1. The Labute approximate surface area is 173 Å². The molecule has 0 radical (unpaired) electrons. The molecular weight excluding hydrogens is 362 g/mol. The predicted molar refractivity (Wildman–Crippen MR) is 116 cm³/mol. The van der Waals surface area contributed by atoms with Crippen molar-refractivity contribution in [2.24, 2.45) is 5.92 Å². The standard InChI is InChI=1S/C23H31N5O/c1-18-7-5-13-28(16-18)22-15-21(24-17-25-22)26-20-11-14-27(23(20)29)12-6-10-19-8-3-2-4-9-19/h2-4,8-9,15,17-18,20H,5-7,10-14,16H2,1H3,(H,24,25,26). The Morgan fingerprint density at radius 1 is 1.14 bits per heavy atom. The number of aromatic nitrogens is 2. The fourth-order valence-corrected chi connectivity index (χ4v) is 4.39. The molecule has 1 amide bonds. The first-order valence-corrected chi connectivity index (χ1v) is 10.9. The summed E-state index contributed by atoms with van der Waals surface area (Å²) in [5, 5.41) is 3.35. The van der Waals surface area contributed by atoms with Crippen LogP contribution in [-0.4, -0.2) is 53.0 Å².